The highest BCUT2D eigenvalue weighted by Crippen LogP contribution is 2.33. The van der Waals surface area contributed by atoms with Crippen molar-refractivity contribution in [2.75, 3.05) is 0 Å². The molecule has 0 unspecified atom stereocenters. The van der Waals surface area contributed by atoms with Crippen LogP contribution in [0.3, 0.4) is 0 Å². The highest BCUT2D eigenvalue weighted by molar-refractivity contribution is 9.10. The molecule has 2 aromatic carbocycles. The lowest BCUT2D eigenvalue weighted by molar-refractivity contribution is 1.22. The Morgan fingerprint density at radius 1 is 0.926 bits per heavy atom. The van der Waals surface area contributed by atoms with Gasteiger partial charge in [-0.1, -0.05) is 54.6 Å². The molecule has 0 spiro atoms. The number of thiophene rings is 1. The van der Waals surface area contributed by atoms with Gasteiger partial charge < -0.3 is 4.98 Å². The summed E-state index contributed by atoms with van der Waals surface area (Å²) in [5.41, 5.74) is 4.25. The third-order valence-corrected chi connectivity index (χ3v) is 6.01. The van der Waals surface area contributed by atoms with Crippen molar-refractivity contribution in [3.8, 4) is 38.9 Å². The number of hydrogen-bond donors (Lipinski definition) is 1. The van der Waals surface area contributed by atoms with Gasteiger partial charge in [0, 0.05) is 26.0 Å². The van der Waals surface area contributed by atoms with Gasteiger partial charge in [0.15, 0.2) is 0 Å². The zero-order valence-corrected chi connectivity index (χ0v) is 16.5. The van der Waals surface area contributed by atoms with E-state index in [4.69, 9.17) is 0 Å². The summed E-state index contributed by atoms with van der Waals surface area (Å²) in [6.45, 7) is 0. The molecule has 0 radical (unpaired) electrons. The molecule has 0 fully saturated rings. The van der Waals surface area contributed by atoms with Gasteiger partial charge in [-0.25, -0.2) is 0 Å². The number of rotatable bonds is 3. The minimum absolute atomic E-state index is 0.133. The van der Waals surface area contributed by atoms with E-state index in [0.29, 0.717) is 11.3 Å². The van der Waals surface area contributed by atoms with Crippen LogP contribution in [0.15, 0.2) is 81.4 Å². The number of H-pyrrole nitrogens is 1. The average molecular weight is 433 g/mol. The molecule has 0 bridgehead atoms. The number of nitrogens with zero attached hydrogens (tertiary/aromatic N) is 1. The molecule has 27 heavy (non-hydrogen) atoms. The molecular formula is C22H13BrN2OS. The highest BCUT2D eigenvalue weighted by Gasteiger charge is 2.14. The SMILES string of the molecule is N#Cc1c(-c2cc(Br)cs2)cc(-c2ccc(-c3ccccc3)cc2)[nH]c1=O. The van der Waals surface area contributed by atoms with Gasteiger partial charge in [0.2, 0.25) is 0 Å². The lowest BCUT2D eigenvalue weighted by Gasteiger charge is -2.08. The first kappa shape index (κ1) is 17.5. The lowest BCUT2D eigenvalue weighted by atomic mass is 10.0. The van der Waals surface area contributed by atoms with Crippen LogP contribution in [0.2, 0.25) is 0 Å². The topological polar surface area (TPSA) is 56.6 Å². The second-order valence-electron chi connectivity index (χ2n) is 5.99. The molecular weight excluding hydrogens is 420 g/mol. The van der Waals surface area contributed by atoms with E-state index >= 15 is 0 Å². The second-order valence-corrected chi connectivity index (χ2v) is 7.81. The molecule has 1 N–H and O–H groups in total. The van der Waals surface area contributed by atoms with E-state index in [9.17, 15) is 10.1 Å². The van der Waals surface area contributed by atoms with E-state index in [0.717, 1.165) is 26.0 Å². The minimum Gasteiger partial charge on any atom is -0.321 e. The van der Waals surface area contributed by atoms with Crippen LogP contribution in [0.1, 0.15) is 5.56 Å². The summed E-state index contributed by atoms with van der Waals surface area (Å²) in [6.07, 6.45) is 0. The van der Waals surface area contributed by atoms with Crippen molar-refractivity contribution in [1.82, 2.24) is 4.98 Å². The maximum atomic E-state index is 12.4. The molecule has 0 saturated carbocycles. The first-order valence-corrected chi connectivity index (χ1v) is 9.90. The van der Waals surface area contributed by atoms with E-state index in [2.05, 4.69) is 33.0 Å². The zero-order chi connectivity index (χ0) is 18.8. The van der Waals surface area contributed by atoms with Crippen molar-refractivity contribution in [2.45, 2.75) is 0 Å². The van der Waals surface area contributed by atoms with Crippen molar-refractivity contribution < 1.29 is 0 Å². The van der Waals surface area contributed by atoms with Crippen LogP contribution in [0, 0.1) is 11.3 Å². The maximum absolute atomic E-state index is 12.4. The number of nitrogens with one attached hydrogen (secondary N) is 1. The Hall–Kier alpha value is -2.94. The number of pyridine rings is 1. The van der Waals surface area contributed by atoms with Crippen LogP contribution in [0.5, 0.6) is 0 Å². The van der Waals surface area contributed by atoms with Crippen molar-refractivity contribution in [3.05, 3.63) is 92.5 Å². The van der Waals surface area contributed by atoms with Crippen LogP contribution in [-0.4, -0.2) is 4.98 Å². The Morgan fingerprint density at radius 3 is 2.22 bits per heavy atom. The average Bonchev–Trinajstić information content (AvgIpc) is 3.14. The monoisotopic (exact) mass is 432 g/mol. The molecule has 0 atom stereocenters. The first-order valence-electron chi connectivity index (χ1n) is 8.23. The summed E-state index contributed by atoms with van der Waals surface area (Å²) in [5, 5.41) is 11.4. The molecule has 2 aromatic heterocycles. The summed E-state index contributed by atoms with van der Waals surface area (Å²) in [5.74, 6) is 0. The summed E-state index contributed by atoms with van der Waals surface area (Å²) in [4.78, 5) is 16.2. The molecule has 0 aliphatic heterocycles. The molecule has 3 nitrogen and oxygen atoms in total. The van der Waals surface area contributed by atoms with Crippen LogP contribution < -0.4 is 5.56 Å². The molecule has 0 saturated heterocycles. The number of halogens is 1. The molecule has 0 aliphatic carbocycles. The predicted molar refractivity (Wildman–Crippen MR) is 114 cm³/mol. The van der Waals surface area contributed by atoms with Crippen molar-refractivity contribution in [1.29, 1.82) is 5.26 Å². The fraction of sp³-hybridized carbons (Fsp3) is 0. The van der Waals surface area contributed by atoms with Gasteiger partial charge in [-0.3, -0.25) is 4.79 Å². The van der Waals surface area contributed by atoms with E-state index in [-0.39, 0.29) is 11.1 Å². The fourth-order valence-corrected chi connectivity index (χ4v) is 4.40. The molecule has 4 aromatic rings. The van der Waals surface area contributed by atoms with E-state index in [1.807, 2.05) is 66.0 Å². The van der Waals surface area contributed by atoms with Crippen LogP contribution in [-0.2, 0) is 0 Å². The second kappa shape index (κ2) is 7.36. The third-order valence-electron chi connectivity index (χ3n) is 4.28. The normalized spacial score (nSPS) is 10.5. The van der Waals surface area contributed by atoms with Crippen molar-refractivity contribution >= 4 is 27.3 Å². The molecule has 0 aliphatic rings. The van der Waals surface area contributed by atoms with Gasteiger partial charge in [0.25, 0.3) is 5.56 Å². The Kier molecular flexibility index (Phi) is 4.76. The quantitative estimate of drug-likeness (QED) is 0.426. The number of benzene rings is 2. The van der Waals surface area contributed by atoms with Gasteiger partial charge in [0.05, 0.1) is 0 Å². The minimum atomic E-state index is -0.373. The third kappa shape index (κ3) is 3.50. The predicted octanol–water partition coefficient (Wildman–Crippen LogP) is 6.07. The molecule has 0 amide bonds. The van der Waals surface area contributed by atoms with Gasteiger partial charge in [0.1, 0.15) is 11.6 Å². The number of aromatic amines is 1. The number of aromatic nitrogens is 1. The largest absolute Gasteiger partial charge is 0.321 e. The Labute approximate surface area is 168 Å². The van der Waals surface area contributed by atoms with Crippen LogP contribution >= 0.6 is 27.3 Å². The Morgan fingerprint density at radius 2 is 1.59 bits per heavy atom. The van der Waals surface area contributed by atoms with Crippen LogP contribution in [0.25, 0.3) is 32.8 Å². The van der Waals surface area contributed by atoms with Crippen LogP contribution in [0.4, 0.5) is 0 Å². The Balaban J connectivity index is 1.79. The smallest absolute Gasteiger partial charge is 0.267 e. The van der Waals surface area contributed by atoms with Gasteiger partial charge >= 0.3 is 0 Å². The zero-order valence-electron chi connectivity index (χ0n) is 14.1. The molecule has 4 rings (SSSR count). The van der Waals surface area contributed by atoms with Gasteiger partial charge in [-0.15, -0.1) is 11.3 Å². The van der Waals surface area contributed by atoms with Crippen molar-refractivity contribution in [3.63, 3.8) is 0 Å². The van der Waals surface area contributed by atoms with E-state index in [1.54, 1.807) is 0 Å². The van der Waals surface area contributed by atoms with Gasteiger partial charge in [-0.05, 0) is 44.8 Å². The van der Waals surface area contributed by atoms with Crippen molar-refractivity contribution in [2.24, 2.45) is 0 Å². The summed E-state index contributed by atoms with van der Waals surface area (Å²) in [7, 11) is 0. The Bertz CT molecular complexity index is 1200. The number of hydrogen-bond acceptors (Lipinski definition) is 3. The maximum Gasteiger partial charge on any atom is 0.267 e. The molecule has 2 heterocycles. The standard InChI is InChI=1S/C22H13BrN2OS/c23-17-10-21(27-13-17)18-11-20(25-22(26)19(18)12-24)16-8-6-15(7-9-16)14-4-2-1-3-5-14/h1-11,13H,(H,25,26). The first-order chi connectivity index (χ1) is 13.2. The lowest BCUT2D eigenvalue weighted by Crippen LogP contribution is -2.12. The summed E-state index contributed by atoms with van der Waals surface area (Å²) < 4.78 is 0.931. The molecule has 130 valence electrons. The summed E-state index contributed by atoms with van der Waals surface area (Å²) in [6, 6.07) is 24.0. The van der Waals surface area contributed by atoms with E-state index < -0.39 is 0 Å². The fourth-order valence-electron chi connectivity index (χ4n) is 2.95. The summed E-state index contributed by atoms with van der Waals surface area (Å²) >= 11 is 4.92. The molecule has 5 heteroatoms. The van der Waals surface area contributed by atoms with Gasteiger partial charge in [-0.2, -0.15) is 5.26 Å². The highest BCUT2D eigenvalue weighted by atomic mass is 79.9. The number of nitriles is 1. The van der Waals surface area contributed by atoms with E-state index in [1.165, 1.54) is 11.3 Å².